The van der Waals surface area contributed by atoms with Crippen LogP contribution in [-0.2, 0) is 4.74 Å². The lowest BCUT2D eigenvalue weighted by molar-refractivity contribution is 0.0979. The fourth-order valence-corrected chi connectivity index (χ4v) is 1.74. The van der Waals surface area contributed by atoms with Gasteiger partial charge in [-0.3, -0.25) is 9.97 Å². The molecular weight excluding hydrogens is 178 g/mol. The molecule has 0 amide bonds. The van der Waals surface area contributed by atoms with Crippen molar-refractivity contribution in [2.45, 2.75) is 31.4 Å². The molecule has 4 nitrogen and oxygen atoms in total. The maximum atomic E-state index is 5.99. The molecule has 2 unspecified atom stereocenters. The molecule has 2 rings (SSSR count). The Labute approximate surface area is 83.5 Å². The van der Waals surface area contributed by atoms with Crippen LogP contribution in [0.15, 0.2) is 18.6 Å². The Morgan fingerprint density at radius 2 is 2.50 bits per heavy atom. The van der Waals surface area contributed by atoms with Gasteiger partial charge in [-0.05, 0) is 19.3 Å². The van der Waals surface area contributed by atoms with Crippen LogP contribution in [0, 0.1) is 0 Å². The second-order valence-corrected chi connectivity index (χ2v) is 3.61. The van der Waals surface area contributed by atoms with Gasteiger partial charge in [-0.15, -0.1) is 0 Å². The van der Waals surface area contributed by atoms with Gasteiger partial charge >= 0.3 is 0 Å². The van der Waals surface area contributed by atoms with Crippen molar-refractivity contribution in [3.8, 4) is 0 Å². The van der Waals surface area contributed by atoms with Gasteiger partial charge in [0.2, 0.25) is 0 Å². The number of rotatable bonds is 3. The zero-order valence-corrected chi connectivity index (χ0v) is 8.10. The summed E-state index contributed by atoms with van der Waals surface area (Å²) in [4.78, 5) is 8.17. The smallest absolute Gasteiger partial charge is 0.0754 e. The molecule has 1 aliphatic rings. The molecule has 1 saturated heterocycles. The van der Waals surface area contributed by atoms with Crippen molar-refractivity contribution >= 4 is 0 Å². The van der Waals surface area contributed by atoms with Crippen LogP contribution in [-0.4, -0.2) is 22.7 Å². The molecule has 0 aromatic carbocycles. The highest BCUT2D eigenvalue weighted by molar-refractivity contribution is 5.01. The lowest BCUT2D eigenvalue weighted by atomic mass is 10.1. The van der Waals surface area contributed by atoms with E-state index in [2.05, 4.69) is 9.97 Å². The molecule has 1 aromatic rings. The van der Waals surface area contributed by atoms with Crippen LogP contribution in [0.3, 0.4) is 0 Å². The molecule has 4 heteroatoms. The van der Waals surface area contributed by atoms with Gasteiger partial charge in [0, 0.05) is 25.2 Å². The lowest BCUT2D eigenvalue weighted by Crippen LogP contribution is -2.19. The first-order chi connectivity index (χ1) is 6.86. The summed E-state index contributed by atoms with van der Waals surface area (Å²) in [6, 6.07) is -0.0493. The SMILES string of the molecule is NC(CC1CCCO1)c1cnccn1. The van der Waals surface area contributed by atoms with E-state index in [0.29, 0.717) is 6.10 Å². The van der Waals surface area contributed by atoms with E-state index in [0.717, 1.165) is 31.6 Å². The van der Waals surface area contributed by atoms with Gasteiger partial charge in [0.25, 0.3) is 0 Å². The second kappa shape index (κ2) is 4.48. The van der Waals surface area contributed by atoms with Gasteiger partial charge in [-0.1, -0.05) is 0 Å². The monoisotopic (exact) mass is 193 g/mol. The third kappa shape index (κ3) is 2.27. The summed E-state index contributed by atoms with van der Waals surface area (Å²) < 4.78 is 5.52. The van der Waals surface area contributed by atoms with Crippen molar-refractivity contribution in [3.63, 3.8) is 0 Å². The molecule has 0 spiro atoms. The summed E-state index contributed by atoms with van der Waals surface area (Å²) >= 11 is 0. The minimum Gasteiger partial charge on any atom is -0.378 e. The fraction of sp³-hybridized carbons (Fsp3) is 0.600. The molecule has 2 N–H and O–H groups in total. The highest BCUT2D eigenvalue weighted by Crippen LogP contribution is 2.21. The Balaban J connectivity index is 1.92. The van der Waals surface area contributed by atoms with Gasteiger partial charge in [-0.2, -0.15) is 0 Å². The van der Waals surface area contributed by atoms with Gasteiger partial charge in [0.15, 0.2) is 0 Å². The van der Waals surface area contributed by atoms with E-state index in [4.69, 9.17) is 10.5 Å². The molecule has 0 bridgehead atoms. The lowest BCUT2D eigenvalue weighted by Gasteiger charge is -2.14. The van der Waals surface area contributed by atoms with Crippen LogP contribution in [0.1, 0.15) is 31.0 Å². The largest absolute Gasteiger partial charge is 0.378 e. The molecule has 76 valence electrons. The quantitative estimate of drug-likeness (QED) is 0.779. The van der Waals surface area contributed by atoms with Crippen molar-refractivity contribution in [1.82, 2.24) is 9.97 Å². The molecule has 0 aliphatic carbocycles. The van der Waals surface area contributed by atoms with Gasteiger partial charge in [0.05, 0.1) is 17.8 Å². The maximum absolute atomic E-state index is 5.99. The van der Waals surface area contributed by atoms with Crippen molar-refractivity contribution in [1.29, 1.82) is 0 Å². The highest BCUT2D eigenvalue weighted by Gasteiger charge is 2.20. The molecular formula is C10H15N3O. The van der Waals surface area contributed by atoms with Crippen LogP contribution in [0.25, 0.3) is 0 Å². The van der Waals surface area contributed by atoms with E-state index in [-0.39, 0.29) is 6.04 Å². The predicted octanol–water partition coefficient (Wildman–Crippen LogP) is 1.05. The molecule has 2 heterocycles. The van der Waals surface area contributed by atoms with Gasteiger partial charge < -0.3 is 10.5 Å². The summed E-state index contributed by atoms with van der Waals surface area (Å²) in [6.07, 6.45) is 8.48. The summed E-state index contributed by atoms with van der Waals surface area (Å²) in [7, 11) is 0. The van der Waals surface area contributed by atoms with Gasteiger partial charge in [0.1, 0.15) is 0 Å². The van der Waals surface area contributed by atoms with E-state index in [1.807, 2.05) is 0 Å². The number of hydrogen-bond acceptors (Lipinski definition) is 4. The predicted molar refractivity (Wildman–Crippen MR) is 52.6 cm³/mol. The average molecular weight is 193 g/mol. The number of hydrogen-bond donors (Lipinski definition) is 1. The fourth-order valence-electron chi connectivity index (χ4n) is 1.74. The van der Waals surface area contributed by atoms with E-state index >= 15 is 0 Å². The topological polar surface area (TPSA) is 61.0 Å². The van der Waals surface area contributed by atoms with E-state index in [1.165, 1.54) is 0 Å². The maximum Gasteiger partial charge on any atom is 0.0754 e. The standard InChI is InChI=1S/C10H15N3O/c11-9(6-8-2-1-5-14-8)10-7-12-3-4-13-10/h3-4,7-9H,1-2,5-6,11H2. The Morgan fingerprint density at radius 3 is 3.14 bits per heavy atom. The molecule has 1 aliphatic heterocycles. The molecule has 14 heavy (non-hydrogen) atoms. The molecule has 1 fully saturated rings. The summed E-state index contributed by atoms with van der Waals surface area (Å²) in [5.41, 5.74) is 6.84. The molecule has 2 atom stereocenters. The summed E-state index contributed by atoms with van der Waals surface area (Å²) in [5, 5.41) is 0. The number of nitrogens with two attached hydrogens (primary N) is 1. The molecule has 0 saturated carbocycles. The second-order valence-electron chi connectivity index (χ2n) is 3.61. The van der Waals surface area contributed by atoms with Crippen molar-refractivity contribution < 1.29 is 4.74 Å². The summed E-state index contributed by atoms with van der Waals surface area (Å²) in [6.45, 7) is 0.873. The molecule has 1 aromatic heterocycles. The highest BCUT2D eigenvalue weighted by atomic mass is 16.5. The third-order valence-electron chi connectivity index (χ3n) is 2.50. The molecule has 0 radical (unpaired) electrons. The van der Waals surface area contributed by atoms with Crippen molar-refractivity contribution in [2.75, 3.05) is 6.61 Å². The number of ether oxygens (including phenoxy) is 1. The van der Waals surface area contributed by atoms with Crippen molar-refractivity contribution in [3.05, 3.63) is 24.3 Å². The van der Waals surface area contributed by atoms with Crippen molar-refractivity contribution in [2.24, 2.45) is 5.73 Å². The normalized spacial score (nSPS) is 23.6. The first kappa shape index (κ1) is 9.55. The Bertz CT molecular complexity index is 272. The first-order valence-corrected chi connectivity index (χ1v) is 4.99. The Morgan fingerprint density at radius 1 is 1.57 bits per heavy atom. The van der Waals surface area contributed by atoms with Crippen LogP contribution >= 0.6 is 0 Å². The van der Waals surface area contributed by atoms with E-state index in [1.54, 1.807) is 18.6 Å². The van der Waals surface area contributed by atoms with Crippen LogP contribution in [0.2, 0.25) is 0 Å². The Hall–Kier alpha value is -1.00. The van der Waals surface area contributed by atoms with E-state index < -0.39 is 0 Å². The third-order valence-corrected chi connectivity index (χ3v) is 2.50. The number of aromatic nitrogens is 2. The zero-order valence-electron chi connectivity index (χ0n) is 8.10. The van der Waals surface area contributed by atoms with Gasteiger partial charge in [-0.25, -0.2) is 0 Å². The first-order valence-electron chi connectivity index (χ1n) is 4.99. The van der Waals surface area contributed by atoms with Crippen LogP contribution < -0.4 is 5.73 Å². The van der Waals surface area contributed by atoms with Crippen LogP contribution in [0.5, 0.6) is 0 Å². The van der Waals surface area contributed by atoms with E-state index in [9.17, 15) is 0 Å². The summed E-state index contributed by atoms with van der Waals surface area (Å²) in [5.74, 6) is 0. The number of nitrogens with zero attached hydrogens (tertiary/aromatic N) is 2. The Kier molecular flexibility index (Phi) is 3.06. The zero-order chi connectivity index (χ0) is 9.80. The minimum absolute atomic E-state index is 0.0493. The average Bonchev–Trinajstić information content (AvgIpc) is 2.72. The van der Waals surface area contributed by atoms with Crippen LogP contribution in [0.4, 0.5) is 0 Å². The minimum atomic E-state index is -0.0493.